The molecule has 6 heteroatoms. The molecule has 1 aromatic heterocycles. The first-order valence-electron chi connectivity index (χ1n) is 10.7. The molecule has 0 amide bonds. The first-order valence-corrected chi connectivity index (χ1v) is 11.7. The van der Waals surface area contributed by atoms with Crippen molar-refractivity contribution >= 4 is 28.4 Å². The molecule has 2 aromatic carbocycles. The topological polar surface area (TPSA) is 61.2 Å². The second-order valence-corrected chi connectivity index (χ2v) is 9.23. The molecule has 1 aliphatic heterocycles. The van der Waals surface area contributed by atoms with Crippen molar-refractivity contribution in [3.05, 3.63) is 68.5 Å². The number of aromatic nitrogens is 2. The summed E-state index contributed by atoms with van der Waals surface area (Å²) < 4.78 is 7.45. The van der Waals surface area contributed by atoms with Gasteiger partial charge >= 0.3 is 0 Å². The van der Waals surface area contributed by atoms with Crippen molar-refractivity contribution in [2.24, 2.45) is 0 Å². The predicted octanol–water partition coefficient (Wildman–Crippen LogP) is 4.78. The number of para-hydroxylation sites is 1. The summed E-state index contributed by atoms with van der Waals surface area (Å²) in [6, 6.07) is 9.35. The Kier molecular flexibility index (Phi) is 6.30. The average molecular weight is 437 g/mol. The monoisotopic (exact) mass is 436 g/mol. The summed E-state index contributed by atoms with van der Waals surface area (Å²) in [5, 5.41) is 1.17. The third-order valence-corrected chi connectivity index (χ3v) is 7.33. The maximum atomic E-state index is 13.2. The number of Topliss-reactive ketones (excluding diaryl/α,β-unsaturated/α-hetero) is 1. The van der Waals surface area contributed by atoms with E-state index in [9.17, 15) is 9.59 Å². The minimum absolute atomic E-state index is 0.0142. The van der Waals surface area contributed by atoms with Crippen molar-refractivity contribution in [1.82, 2.24) is 9.55 Å². The number of carbonyl (C=O) groups is 1. The summed E-state index contributed by atoms with van der Waals surface area (Å²) in [5.74, 6) is 0.291. The summed E-state index contributed by atoms with van der Waals surface area (Å²) >= 11 is 1.33. The van der Waals surface area contributed by atoms with E-state index in [0.29, 0.717) is 22.6 Å². The average Bonchev–Trinajstić information content (AvgIpc) is 3.28. The van der Waals surface area contributed by atoms with Crippen molar-refractivity contribution in [2.45, 2.75) is 58.3 Å². The second kappa shape index (κ2) is 8.97. The zero-order chi connectivity index (χ0) is 22.1. The molecule has 1 aliphatic rings. The van der Waals surface area contributed by atoms with Crippen LogP contribution < -0.4 is 5.56 Å². The largest absolute Gasteiger partial charge is 0.376 e. The van der Waals surface area contributed by atoms with Gasteiger partial charge in [-0.2, -0.15) is 0 Å². The van der Waals surface area contributed by atoms with Crippen LogP contribution in [0, 0.1) is 27.7 Å². The SMILES string of the molecule is Cc1cc(C(=O)CSc2nc3ccccc3c(=O)n2CC2CCCO2)c(C)c(C)c1C. The van der Waals surface area contributed by atoms with Crippen molar-refractivity contribution in [3.63, 3.8) is 0 Å². The van der Waals surface area contributed by atoms with E-state index in [1.165, 1.54) is 17.3 Å². The van der Waals surface area contributed by atoms with Gasteiger partial charge in [-0.1, -0.05) is 23.9 Å². The zero-order valence-corrected chi connectivity index (χ0v) is 19.3. The number of fused-ring (bicyclic) bond motifs is 1. The molecule has 1 unspecified atom stereocenters. The van der Waals surface area contributed by atoms with E-state index in [2.05, 4.69) is 13.8 Å². The van der Waals surface area contributed by atoms with Crippen LogP contribution in [-0.2, 0) is 11.3 Å². The van der Waals surface area contributed by atoms with Gasteiger partial charge < -0.3 is 4.74 Å². The number of ketones is 1. The number of ether oxygens (including phenoxy) is 1. The summed E-state index contributed by atoms with van der Waals surface area (Å²) in [7, 11) is 0. The Morgan fingerprint density at radius 3 is 2.68 bits per heavy atom. The molecule has 1 atom stereocenters. The van der Waals surface area contributed by atoms with E-state index in [4.69, 9.17) is 9.72 Å². The van der Waals surface area contributed by atoms with Gasteiger partial charge in [-0.15, -0.1) is 0 Å². The fraction of sp³-hybridized carbons (Fsp3) is 0.400. The van der Waals surface area contributed by atoms with Crippen molar-refractivity contribution in [2.75, 3.05) is 12.4 Å². The summed E-state index contributed by atoms with van der Waals surface area (Å²) in [4.78, 5) is 31.0. The number of rotatable bonds is 6. The molecule has 1 fully saturated rings. The quantitative estimate of drug-likeness (QED) is 0.316. The van der Waals surface area contributed by atoms with E-state index in [-0.39, 0.29) is 23.2 Å². The molecule has 162 valence electrons. The van der Waals surface area contributed by atoms with Crippen LogP contribution in [0.2, 0.25) is 0 Å². The molecule has 1 saturated heterocycles. The van der Waals surface area contributed by atoms with Gasteiger partial charge in [0.2, 0.25) is 0 Å². The number of aryl methyl sites for hydroxylation is 1. The van der Waals surface area contributed by atoms with E-state index in [0.717, 1.165) is 41.7 Å². The third kappa shape index (κ3) is 4.32. The van der Waals surface area contributed by atoms with Crippen LogP contribution in [0.4, 0.5) is 0 Å². The van der Waals surface area contributed by atoms with Crippen LogP contribution >= 0.6 is 11.8 Å². The van der Waals surface area contributed by atoms with Crippen LogP contribution in [0.15, 0.2) is 40.3 Å². The fourth-order valence-electron chi connectivity index (χ4n) is 4.12. The Labute approximate surface area is 186 Å². The van der Waals surface area contributed by atoms with Gasteiger partial charge in [0.05, 0.1) is 29.3 Å². The van der Waals surface area contributed by atoms with Crippen molar-refractivity contribution in [1.29, 1.82) is 0 Å². The molecule has 4 rings (SSSR count). The van der Waals surface area contributed by atoms with Gasteiger partial charge in [0.15, 0.2) is 10.9 Å². The van der Waals surface area contributed by atoms with Crippen LogP contribution in [0.25, 0.3) is 10.9 Å². The molecule has 31 heavy (non-hydrogen) atoms. The molecular weight excluding hydrogens is 408 g/mol. The Hall–Kier alpha value is -2.44. The van der Waals surface area contributed by atoms with Gasteiger partial charge in [0.25, 0.3) is 5.56 Å². The molecular formula is C25H28N2O3S. The Balaban J connectivity index is 1.66. The molecule has 0 bridgehead atoms. The summed E-state index contributed by atoms with van der Waals surface area (Å²) in [6.07, 6.45) is 1.95. The minimum atomic E-state index is -0.0748. The molecule has 0 aliphatic carbocycles. The molecule has 0 spiro atoms. The van der Waals surface area contributed by atoms with E-state index >= 15 is 0 Å². The highest BCUT2D eigenvalue weighted by Gasteiger charge is 2.21. The lowest BCUT2D eigenvalue weighted by Gasteiger charge is -2.17. The van der Waals surface area contributed by atoms with Crippen LogP contribution in [-0.4, -0.2) is 33.8 Å². The fourth-order valence-corrected chi connectivity index (χ4v) is 5.01. The Morgan fingerprint density at radius 1 is 1.16 bits per heavy atom. The Bertz CT molecular complexity index is 1210. The number of hydrogen-bond acceptors (Lipinski definition) is 5. The number of nitrogens with zero attached hydrogens (tertiary/aromatic N) is 2. The molecule has 2 heterocycles. The first kappa shape index (κ1) is 21.8. The number of benzene rings is 2. The first-order chi connectivity index (χ1) is 14.9. The maximum absolute atomic E-state index is 13.2. The van der Waals surface area contributed by atoms with Gasteiger partial charge in [0, 0.05) is 12.2 Å². The lowest BCUT2D eigenvalue weighted by Crippen LogP contribution is -2.29. The second-order valence-electron chi connectivity index (χ2n) is 8.29. The van der Waals surface area contributed by atoms with Crippen molar-refractivity contribution < 1.29 is 9.53 Å². The number of carbonyl (C=O) groups excluding carboxylic acids is 1. The van der Waals surface area contributed by atoms with E-state index in [1.54, 1.807) is 10.6 Å². The normalized spacial score (nSPS) is 16.2. The van der Waals surface area contributed by atoms with Crippen molar-refractivity contribution in [3.8, 4) is 0 Å². The third-order valence-electron chi connectivity index (χ3n) is 6.35. The van der Waals surface area contributed by atoms with Crippen LogP contribution in [0.5, 0.6) is 0 Å². The van der Waals surface area contributed by atoms with Gasteiger partial charge in [0.1, 0.15) is 0 Å². The molecule has 0 radical (unpaired) electrons. The smallest absolute Gasteiger partial charge is 0.262 e. The van der Waals surface area contributed by atoms with Gasteiger partial charge in [-0.25, -0.2) is 4.98 Å². The van der Waals surface area contributed by atoms with Crippen LogP contribution in [0.3, 0.4) is 0 Å². The molecule has 5 nitrogen and oxygen atoms in total. The predicted molar refractivity (Wildman–Crippen MR) is 125 cm³/mol. The van der Waals surface area contributed by atoms with Gasteiger partial charge in [-0.3, -0.25) is 14.2 Å². The highest BCUT2D eigenvalue weighted by molar-refractivity contribution is 7.99. The summed E-state index contributed by atoms with van der Waals surface area (Å²) in [5.41, 5.74) is 5.86. The van der Waals surface area contributed by atoms with E-state index in [1.807, 2.05) is 38.1 Å². The lowest BCUT2D eigenvalue weighted by molar-refractivity contribution is 0.0937. The Morgan fingerprint density at radius 2 is 1.94 bits per heavy atom. The van der Waals surface area contributed by atoms with Crippen LogP contribution in [0.1, 0.15) is 45.5 Å². The molecule has 3 aromatic rings. The van der Waals surface area contributed by atoms with Gasteiger partial charge in [-0.05, 0) is 81.0 Å². The highest BCUT2D eigenvalue weighted by atomic mass is 32.2. The molecule has 0 saturated carbocycles. The highest BCUT2D eigenvalue weighted by Crippen LogP contribution is 2.25. The lowest BCUT2D eigenvalue weighted by atomic mass is 9.93. The number of thioether (sulfide) groups is 1. The van der Waals surface area contributed by atoms with E-state index < -0.39 is 0 Å². The minimum Gasteiger partial charge on any atom is -0.376 e. The maximum Gasteiger partial charge on any atom is 0.262 e. The standard InChI is InChI=1S/C25H28N2O3S/c1-15-12-21(18(4)17(3)16(15)2)23(28)14-31-25-26-22-10-6-5-9-20(22)24(29)27(25)13-19-8-7-11-30-19/h5-6,9-10,12,19H,7-8,11,13-14H2,1-4H3. The summed E-state index contributed by atoms with van der Waals surface area (Å²) in [6.45, 7) is 9.38. The zero-order valence-electron chi connectivity index (χ0n) is 18.5. The number of hydrogen-bond donors (Lipinski definition) is 0. The molecule has 0 N–H and O–H groups in total.